The van der Waals surface area contributed by atoms with Crippen molar-refractivity contribution in [2.45, 2.75) is 130 Å². The smallest absolute Gasteiger partial charge is 0.217 e. The molecule has 298 valence electrons. The van der Waals surface area contributed by atoms with Crippen molar-refractivity contribution in [3.05, 3.63) is 0 Å². The van der Waals surface area contributed by atoms with E-state index in [2.05, 4.69) is 10.6 Å². The van der Waals surface area contributed by atoms with E-state index in [1.807, 2.05) is 0 Å². The van der Waals surface area contributed by atoms with Crippen LogP contribution in [0, 0.1) is 0 Å². The van der Waals surface area contributed by atoms with Crippen LogP contribution in [0.5, 0.6) is 0 Å². The van der Waals surface area contributed by atoms with E-state index in [0.717, 1.165) is 13.8 Å². The summed E-state index contributed by atoms with van der Waals surface area (Å²) in [6.45, 7) is -2.36. The Morgan fingerprint density at radius 2 is 1.12 bits per heavy atom. The Morgan fingerprint density at radius 3 is 1.63 bits per heavy atom. The summed E-state index contributed by atoms with van der Waals surface area (Å²) in [5.74, 6) is -1.45. The Morgan fingerprint density at radius 1 is 0.627 bits per heavy atom. The van der Waals surface area contributed by atoms with Crippen LogP contribution in [0.25, 0.3) is 0 Å². The second-order valence-corrected chi connectivity index (χ2v) is 12.4. The predicted molar refractivity (Wildman–Crippen MR) is 159 cm³/mol. The normalized spacial score (nSPS) is 41.3. The van der Waals surface area contributed by atoms with E-state index in [0.29, 0.717) is 0 Å². The van der Waals surface area contributed by atoms with E-state index in [-0.39, 0.29) is 0 Å². The summed E-state index contributed by atoms with van der Waals surface area (Å²) in [5, 5.41) is 138. The first-order valence-corrected chi connectivity index (χ1v) is 16.0. The molecule has 3 saturated heterocycles. The molecule has 3 rings (SSSR count). The molecule has 3 aliphatic heterocycles. The van der Waals surface area contributed by atoms with Gasteiger partial charge in [-0.3, -0.25) is 9.59 Å². The highest BCUT2D eigenvalue weighted by Gasteiger charge is 2.52. The molecule has 0 saturated carbocycles. The summed E-state index contributed by atoms with van der Waals surface area (Å²) in [6.07, 6.45) is -30.1. The third-order valence-corrected chi connectivity index (χ3v) is 8.63. The Labute approximate surface area is 290 Å². The molecule has 0 aromatic rings. The van der Waals surface area contributed by atoms with Gasteiger partial charge in [0.1, 0.15) is 97.5 Å². The van der Waals surface area contributed by atoms with Crippen LogP contribution in [-0.4, -0.2) is 228 Å². The molecule has 19 atom stereocenters. The van der Waals surface area contributed by atoms with E-state index < -0.39 is 161 Å². The van der Waals surface area contributed by atoms with Crippen molar-refractivity contribution < 1.29 is 104 Å². The lowest BCUT2D eigenvalue weighted by Gasteiger charge is -2.47. The zero-order valence-electron chi connectivity index (χ0n) is 27.6. The summed E-state index contributed by atoms with van der Waals surface area (Å²) < 4.78 is 33.1. The lowest BCUT2D eigenvalue weighted by Crippen LogP contribution is -2.68. The minimum absolute atomic E-state index is 0.718. The highest BCUT2D eigenvalue weighted by atomic mass is 16.7. The maximum atomic E-state index is 12.1. The first-order chi connectivity index (χ1) is 24.0. The van der Waals surface area contributed by atoms with Gasteiger partial charge >= 0.3 is 0 Å². The first-order valence-electron chi connectivity index (χ1n) is 16.0. The average molecular weight is 751 g/mol. The summed E-state index contributed by atoms with van der Waals surface area (Å²) >= 11 is 0. The molecule has 51 heavy (non-hydrogen) atoms. The molecule has 3 fully saturated rings. The number of rotatable bonds is 16. The third kappa shape index (κ3) is 10.4. The molecule has 0 unspecified atom stereocenters. The number of amides is 2. The molecule has 3 heterocycles. The van der Waals surface area contributed by atoms with Gasteiger partial charge in [-0.25, -0.2) is 0 Å². The summed E-state index contributed by atoms with van der Waals surface area (Å²) in [6, 6.07) is -3.07. The van der Waals surface area contributed by atoms with Gasteiger partial charge in [-0.2, -0.15) is 0 Å². The SMILES string of the molecule is CC(=O)N[C@H]1[C@H](OC[C@@H](O)[C@H](O)[C@H](O[C@@H]2O[C@H](CO)[C@@H](O)[C@H](O)[C@H]2NC(C)=O)[C@@H](O)CO)O[C@H](CO)[C@@H](O[C@@H]2O[C@H](CO)[C@H](O)[C@H](O)[C@H]2O)[C@@H]1O. The van der Waals surface area contributed by atoms with E-state index in [9.17, 15) is 76.0 Å². The van der Waals surface area contributed by atoms with Crippen LogP contribution in [0.1, 0.15) is 13.8 Å². The fourth-order valence-corrected chi connectivity index (χ4v) is 5.86. The number of carbonyl (C=O) groups is 2. The number of hydrogen-bond acceptors (Lipinski definition) is 21. The lowest BCUT2D eigenvalue weighted by atomic mass is 9.95. The zero-order valence-corrected chi connectivity index (χ0v) is 27.6. The van der Waals surface area contributed by atoms with Crippen LogP contribution < -0.4 is 10.6 Å². The van der Waals surface area contributed by atoms with Gasteiger partial charge in [0.2, 0.25) is 11.8 Å². The van der Waals surface area contributed by atoms with Crippen molar-refractivity contribution >= 4 is 11.8 Å². The van der Waals surface area contributed by atoms with Crippen molar-refractivity contribution in [3.63, 3.8) is 0 Å². The molecular weight excluding hydrogens is 700 g/mol. The van der Waals surface area contributed by atoms with Crippen molar-refractivity contribution in [2.24, 2.45) is 0 Å². The minimum Gasteiger partial charge on any atom is -0.394 e. The standard InChI is InChI=1S/C28H50N2O21/c1-8(35)29-15-20(42)18(40)12(4-32)47-27(15)50-24(10(37)3-31)17(39)11(38)7-46-26-16(30-9(2)36)21(43)25(14(6-34)49-26)51-28-23(45)22(44)19(41)13(5-33)48-28/h10-28,31-34,37-45H,3-7H2,1-2H3,(H,29,35)(H,30,36)/t10-,11+,12+,13+,14+,15+,16+,17-,18+,19-,20+,21+,22-,23+,24+,25+,26+,27-,28-/m0/s1. The molecule has 0 radical (unpaired) electrons. The number of aliphatic hydroxyl groups is 13. The summed E-state index contributed by atoms with van der Waals surface area (Å²) in [4.78, 5) is 23.8. The van der Waals surface area contributed by atoms with Gasteiger partial charge in [0.05, 0.1) is 33.0 Å². The number of hydrogen-bond donors (Lipinski definition) is 15. The molecule has 0 spiro atoms. The van der Waals surface area contributed by atoms with Gasteiger partial charge in [0.15, 0.2) is 18.9 Å². The zero-order chi connectivity index (χ0) is 38.3. The predicted octanol–water partition coefficient (Wildman–Crippen LogP) is -9.83. The topological polar surface area (TPSA) is 377 Å². The van der Waals surface area contributed by atoms with Crippen molar-refractivity contribution in [3.8, 4) is 0 Å². The number of aliphatic hydroxyl groups excluding tert-OH is 13. The maximum absolute atomic E-state index is 12.1. The van der Waals surface area contributed by atoms with Gasteiger partial charge in [0, 0.05) is 13.8 Å². The summed E-state index contributed by atoms with van der Waals surface area (Å²) in [7, 11) is 0. The second-order valence-electron chi connectivity index (χ2n) is 12.4. The fraction of sp³-hybridized carbons (Fsp3) is 0.929. The van der Waals surface area contributed by atoms with Crippen LogP contribution in [0.2, 0.25) is 0 Å². The Balaban J connectivity index is 1.77. The highest BCUT2D eigenvalue weighted by molar-refractivity contribution is 5.73. The van der Waals surface area contributed by atoms with E-state index in [1.54, 1.807) is 0 Å². The van der Waals surface area contributed by atoms with Gasteiger partial charge in [-0.15, -0.1) is 0 Å². The molecule has 2 amide bonds. The molecule has 23 heteroatoms. The van der Waals surface area contributed by atoms with E-state index in [1.165, 1.54) is 0 Å². The Kier molecular flexibility index (Phi) is 16.7. The molecule has 0 bridgehead atoms. The van der Waals surface area contributed by atoms with Crippen LogP contribution in [0.15, 0.2) is 0 Å². The fourth-order valence-electron chi connectivity index (χ4n) is 5.86. The van der Waals surface area contributed by atoms with Crippen molar-refractivity contribution in [2.75, 3.05) is 33.0 Å². The number of nitrogens with one attached hydrogen (secondary N) is 2. The second kappa shape index (κ2) is 19.5. The first kappa shape index (κ1) is 43.6. The highest BCUT2D eigenvalue weighted by Crippen LogP contribution is 2.30. The van der Waals surface area contributed by atoms with Crippen LogP contribution in [-0.2, 0) is 38.0 Å². The minimum atomic E-state index is -2.16. The third-order valence-electron chi connectivity index (χ3n) is 8.63. The van der Waals surface area contributed by atoms with Gasteiger partial charge < -0.3 is 105 Å². The molecule has 0 aliphatic carbocycles. The number of ether oxygens (including phenoxy) is 6. The van der Waals surface area contributed by atoms with E-state index in [4.69, 9.17) is 28.4 Å². The summed E-state index contributed by atoms with van der Waals surface area (Å²) in [5.41, 5.74) is 0. The molecule has 23 nitrogen and oxygen atoms in total. The molecular formula is C28H50N2O21. The number of carbonyl (C=O) groups excluding carboxylic acids is 2. The van der Waals surface area contributed by atoms with Crippen LogP contribution in [0.3, 0.4) is 0 Å². The van der Waals surface area contributed by atoms with Crippen LogP contribution >= 0.6 is 0 Å². The Bertz CT molecular complexity index is 1090. The quantitative estimate of drug-likeness (QED) is 0.0696. The van der Waals surface area contributed by atoms with Gasteiger partial charge in [0.25, 0.3) is 0 Å². The van der Waals surface area contributed by atoms with Crippen molar-refractivity contribution in [1.29, 1.82) is 0 Å². The van der Waals surface area contributed by atoms with Crippen LogP contribution in [0.4, 0.5) is 0 Å². The molecule has 0 aromatic heterocycles. The van der Waals surface area contributed by atoms with Crippen molar-refractivity contribution in [1.82, 2.24) is 10.6 Å². The van der Waals surface area contributed by atoms with E-state index >= 15 is 0 Å². The Hall–Kier alpha value is -1.82. The molecule has 3 aliphatic rings. The molecule has 0 aromatic carbocycles. The largest absolute Gasteiger partial charge is 0.394 e. The van der Waals surface area contributed by atoms with Gasteiger partial charge in [-0.05, 0) is 0 Å². The molecule has 15 N–H and O–H groups in total. The maximum Gasteiger partial charge on any atom is 0.217 e. The monoisotopic (exact) mass is 750 g/mol. The average Bonchev–Trinajstić information content (AvgIpc) is 3.09. The van der Waals surface area contributed by atoms with Gasteiger partial charge in [-0.1, -0.05) is 0 Å². The lowest BCUT2D eigenvalue weighted by molar-refractivity contribution is -0.349.